The van der Waals surface area contributed by atoms with Gasteiger partial charge in [-0.2, -0.15) is 0 Å². The number of imidazole rings is 1. The van der Waals surface area contributed by atoms with E-state index in [2.05, 4.69) is 19.4 Å². The second-order valence-corrected chi connectivity index (χ2v) is 6.59. The van der Waals surface area contributed by atoms with Crippen LogP contribution in [0, 0.1) is 0 Å². The summed E-state index contributed by atoms with van der Waals surface area (Å²) >= 11 is 0. The van der Waals surface area contributed by atoms with Gasteiger partial charge in [0.25, 0.3) is 0 Å². The maximum atomic E-state index is 9.12. The topological polar surface area (TPSA) is 89.4 Å². The summed E-state index contributed by atoms with van der Waals surface area (Å²) in [6.07, 6.45) is 7.51. The van der Waals surface area contributed by atoms with E-state index in [0.29, 0.717) is 24.3 Å². The molecule has 0 unspecified atom stereocenters. The number of hydrogen-bond acceptors (Lipinski definition) is 6. The minimum Gasteiger partial charge on any atom is -0.396 e. The summed E-state index contributed by atoms with van der Waals surface area (Å²) in [5.41, 5.74) is 6.81. The first-order valence-electron chi connectivity index (χ1n) is 8.46. The zero-order chi connectivity index (χ0) is 16.5. The van der Waals surface area contributed by atoms with Crippen LogP contribution in [-0.4, -0.2) is 63.0 Å². The summed E-state index contributed by atoms with van der Waals surface area (Å²) in [5, 5.41) is 9.12. The zero-order valence-corrected chi connectivity index (χ0v) is 13.6. The fraction of sp³-hybridized carbons (Fsp3) is 0.529. The van der Waals surface area contributed by atoms with Gasteiger partial charge in [-0.25, -0.2) is 9.97 Å². The first kappa shape index (κ1) is 15.6. The maximum Gasteiger partial charge on any atom is 0.140 e. The van der Waals surface area contributed by atoms with E-state index in [-0.39, 0.29) is 12.7 Å². The van der Waals surface area contributed by atoms with Gasteiger partial charge in [0.05, 0.1) is 12.7 Å². The van der Waals surface area contributed by atoms with Crippen LogP contribution in [0.4, 0.5) is 5.82 Å². The summed E-state index contributed by atoms with van der Waals surface area (Å²) in [4.78, 5) is 11.1. The molecule has 2 fully saturated rings. The molecule has 0 radical (unpaired) electrons. The van der Waals surface area contributed by atoms with Crippen LogP contribution in [0.25, 0.3) is 11.4 Å². The number of ether oxygens (including phenoxy) is 1. The lowest BCUT2D eigenvalue weighted by Gasteiger charge is -2.34. The lowest BCUT2D eigenvalue weighted by molar-refractivity contribution is -0.0567. The Morgan fingerprint density at radius 3 is 3.00 bits per heavy atom. The highest BCUT2D eigenvalue weighted by molar-refractivity contribution is 5.59. The standard InChI is InChI=1S/C17H23N5O2/c18-16-7-12(1-3-19-16)17-20-4-5-22(17)13-8-14-11-24-15(2-6-23)10-21(14)9-13/h1,3-5,7,13-15,23H,2,6,8-11H2,(H2,18,19)/t13-,14-,15-/m0/s1. The maximum absolute atomic E-state index is 9.12. The molecule has 128 valence electrons. The van der Waals surface area contributed by atoms with Crippen LogP contribution in [0.3, 0.4) is 0 Å². The Labute approximate surface area is 141 Å². The fourth-order valence-corrected chi connectivity index (χ4v) is 3.85. The van der Waals surface area contributed by atoms with Gasteiger partial charge in [0.15, 0.2) is 0 Å². The quantitative estimate of drug-likeness (QED) is 0.867. The Morgan fingerprint density at radius 2 is 2.17 bits per heavy atom. The number of nitrogen functional groups attached to an aromatic ring is 1. The lowest BCUT2D eigenvalue weighted by atomic mass is 10.1. The molecule has 0 saturated carbocycles. The van der Waals surface area contributed by atoms with Gasteiger partial charge in [0.2, 0.25) is 0 Å². The molecule has 2 aliphatic rings. The molecule has 7 nitrogen and oxygen atoms in total. The second kappa shape index (κ2) is 6.51. The summed E-state index contributed by atoms with van der Waals surface area (Å²) in [6.45, 7) is 2.81. The molecule has 0 bridgehead atoms. The molecule has 4 rings (SSSR count). The van der Waals surface area contributed by atoms with E-state index >= 15 is 0 Å². The number of hydrogen-bond donors (Lipinski definition) is 2. The van der Waals surface area contributed by atoms with Crippen molar-refractivity contribution in [3.05, 3.63) is 30.7 Å². The van der Waals surface area contributed by atoms with Crippen molar-refractivity contribution in [1.82, 2.24) is 19.4 Å². The van der Waals surface area contributed by atoms with Crippen molar-refractivity contribution in [2.45, 2.75) is 31.0 Å². The number of morpholine rings is 1. The number of nitrogens with zero attached hydrogens (tertiary/aromatic N) is 4. The number of fused-ring (bicyclic) bond motifs is 1. The normalized spacial score (nSPS) is 27.3. The number of pyridine rings is 1. The molecular weight excluding hydrogens is 306 g/mol. The predicted octanol–water partition coefficient (Wildman–Crippen LogP) is 0.924. The molecule has 3 N–H and O–H groups in total. The molecule has 24 heavy (non-hydrogen) atoms. The number of anilines is 1. The van der Waals surface area contributed by atoms with Crippen LogP contribution in [0.1, 0.15) is 18.9 Å². The van der Waals surface area contributed by atoms with Gasteiger partial charge in [-0.3, -0.25) is 4.90 Å². The fourth-order valence-electron chi connectivity index (χ4n) is 3.85. The molecule has 2 aliphatic heterocycles. The Hall–Kier alpha value is -1.96. The largest absolute Gasteiger partial charge is 0.396 e. The van der Waals surface area contributed by atoms with E-state index in [1.807, 2.05) is 24.5 Å². The Balaban J connectivity index is 1.53. The molecular formula is C17H23N5O2. The summed E-state index contributed by atoms with van der Waals surface area (Å²) in [6, 6.07) is 4.63. The Bertz CT molecular complexity index is 704. The molecule has 0 aromatic carbocycles. The third-order valence-electron chi connectivity index (χ3n) is 5.02. The molecule has 0 amide bonds. The number of aromatic nitrogens is 3. The van der Waals surface area contributed by atoms with E-state index in [4.69, 9.17) is 15.6 Å². The molecule has 2 aromatic rings. The number of aliphatic hydroxyl groups excluding tert-OH is 1. The van der Waals surface area contributed by atoms with Crippen LogP contribution in [0.5, 0.6) is 0 Å². The number of aliphatic hydroxyl groups is 1. The van der Waals surface area contributed by atoms with Crippen molar-refractivity contribution in [1.29, 1.82) is 0 Å². The third kappa shape index (κ3) is 2.90. The Morgan fingerprint density at radius 1 is 1.25 bits per heavy atom. The van der Waals surface area contributed by atoms with Gasteiger partial charge in [-0.05, 0) is 25.0 Å². The van der Waals surface area contributed by atoms with Gasteiger partial charge in [0, 0.05) is 55.9 Å². The zero-order valence-electron chi connectivity index (χ0n) is 13.6. The highest BCUT2D eigenvalue weighted by Gasteiger charge is 2.38. The second-order valence-electron chi connectivity index (χ2n) is 6.59. The Kier molecular flexibility index (Phi) is 4.22. The highest BCUT2D eigenvalue weighted by atomic mass is 16.5. The monoisotopic (exact) mass is 329 g/mol. The molecule has 3 atom stereocenters. The SMILES string of the molecule is Nc1cc(-c2nccn2[C@H]2C[C@H]3CO[C@@H](CCO)CN3C2)ccn1. The molecule has 0 aliphatic carbocycles. The van der Waals surface area contributed by atoms with Gasteiger partial charge in [-0.15, -0.1) is 0 Å². The van der Waals surface area contributed by atoms with E-state index in [0.717, 1.165) is 37.5 Å². The van der Waals surface area contributed by atoms with E-state index in [1.54, 1.807) is 6.20 Å². The van der Waals surface area contributed by atoms with Crippen LogP contribution < -0.4 is 5.73 Å². The van der Waals surface area contributed by atoms with E-state index in [1.165, 1.54) is 0 Å². The van der Waals surface area contributed by atoms with Crippen molar-refractivity contribution < 1.29 is 9.84 Å². The molecule has 0 spiro atoms. The average Bonchev–Trinajstić information content (AvgIpc) is 3.21. The predicted molar refractivity (Wildman–Crippen MR) is 90.3 cm³/mol. The third-order valence-corrected chi connectivity index (χ3v) is 5.02. The van der Waals surface area contributed by atoms with Gasteiger partial charge >= 0.3 is 0 Å². The first-order valence-corrected chi connectivity index (χ1v) is 8.46. The summed E-state index contributed by atoms with van der Waals surface area (Å²) in [5.74, 6) is 1.44. The van der Waals surface area contributed by atoms with Gasteiger partial charge in [-0.1, -0.05) is 0 Å². The smallest absolute Gasteiger partial charge is 0.140 e. The molecule has 2 saturated heterocycles. The minimum atomic E-state index is 0.146. The van der Waals surface area contributed by atoms with Crippen molar-refractivity contribution >= 4 is 5.82 Å². The summed E-state index contributed by atoms with van der Waals surface area (Å²) < 4.78 is 8.12. The van der Waals surface area contributed by atoms with Gasteiger partial charge in [0.1, 0.15) is 11.6 Å². The van der Waals surface area contributed by atoms with Crippen LogP contribution >= 0.6 is 0 Å². The van der Waals surface area contributed by atoms with Crippen LogP contribution in [0.2, 0.25) is 0 Å². The van der Waals surface area contributed by atoms with Crippen molar-refractivity contribution in [2.24, 2.45) is 0 Å². The van der Waals surface area contributed by atoms with E-state index in [9.17, 15) is 0 Å². The number of nitrogens with two attached hydrogens (primary N) is 1. The van der Waals surface area contributed by atoms with Crippen LogP contribution in [0.15, 0.2) is 30.7 Å². The minimum absolute atomic E-state index is 0.146. The highest BCUT2D eigenvalue weighted by Crippen LogP contribution is 2.33. The summed E-state index contributed by atoms with van der Waals surface area (Å²) in [7, 11) is 0. The van der Waals surface area contributed by atoms with Crippen molar-refractivity contribution in [3.63, 3.8) is 0 Å². The van der Waals surface area contributed by atoms with Crippen molar-refractivity contribution in [2.75, 3.05) is 32.0 Å². The number of rotatable bonds is 4. The molecule has 7 heteroatoms. The average molecular weight is 329 g/mol. The molecule has 4 heterocycles. The van der Waals surface area contributed by atoms with E-state index < -0.39 is 0 Å². The lowest BCUT2D eigenvalue weighted by Crippen LogP contribution is -2.46. The van der Waals surface area contributed by atoms with Crippen LogP contribution in [-0.2, 0) is 4.74 Å². The van der Waals surface area contributed by atoms with Gasteiger partial charge < -0.3 is 20.1 Å². The van der Waals surface area contributed by atoms with Crippen molar-refractivity contribution in [3.8, 4) is 11.4 Å². The molecule has 2 aromatic heterocycles. The first-order chi connectivity index (χ1) is 11.7.